The molecule has 0 bridgehead atoms. The molecule has 26 heavy (non-hydrogen) atoms. The molecule has 3 heteroatoms. The van der Waals surface area contributed by atoms with Gasteiger partial charge in [-0.1, -0.05) is 48.5 Å². The molecule has 1 aliphatic heterocycles. The first-order valence-corrected chi connectivity index (χ1v) is 8.75. The molecule has 4 rings (SSSR count). The van der Waals surface area contributed by atoms with Gasteiger partial charge < -0.3 is 10.0 Å². The summed E-state index contributed by atoms with van der Waals surface area (Å²) < 4.78 is 0. The lowest BCUT2D eigenvalue weighted by atomic mass is 9.83. The molecule has 0 aromatic heterocycles. The normalized spacial score (nSPS) is 15.3. The monoisotopic (exact) mass is 343 g/mol. The van der Waals surface area contributed by atoms with Crippen molar-refractivity contribution in [3.8, 4) is 11.1 Å². The van der Waals surface area contributed by atoms with Gasteiger partial charge in [0.1, 0.15) is 5.92 Å². The second-order valence-electron chi connectivity index (χ2n) is 6.91. The van der Waals surface area contributed by atoms with Crippen LogP contribution in [0.25, 0.3) is 11.1 Å². The minimum atomic E-state index is -0.814. The van der Waals surface area contributed by atoms with E-state index in [0.29, 0.717) is 0 Å². The summed E-state index contributed by atoms with van der Waals surface area (Å²) in [6, 6.07) is 20.2. The number of fused-ring (bicyclic) bond motifs is 2. The fourth-order valence-corrected chi connectivity index (χ4v) is 3.91. The highest BCUT2D eigenvalue weighted by Crippen LogP contribution is 2.46. The Hall–Kier alpha value is -3.07. The maximum Gasteiger partial charge on any atom is 0.315 e. The lowest BCUT2D eigenvalue weighted by molar-refractivity contribution is -0.137. The summed E-state index contributed by atoms with van der Waals surface area (Å²) >= 11 is 0. The van der Waals surface area contributed by atoms with E-state index in [1.54, 1.807) is 0 Å². The molecule has 1 heterocycles. The number of benzene rings is 3. The van der Waals surface area contributed by atoms with Gasteiger partial charge >= 0.3 is 5.97 Å². The summed E-state index contributed by atoms with van der Waals surface area (Å²) in [5, 5.41) is 9.87. The number of hydrogen-bond donors (Lipinski definition) is 1. The number of nitrogens with zero attached hydrogens (tertiary/aromatic N) is 1. The van der Waals surface area contributed by atoms with Crippen molar-refractivity contribution in [3.05, 3.63) is 82.9 Å². The number of aryl methyl sites for hydroxylation is 1. The maximum atomic E-state index is 12.0. The highest BCUT2D eigenvalue weighted by Gasteiger charge is 2.33. The highest BCUT2D eigenvalue weighted by molar-refractivity contribution is 5.91. The van der Waals surface area contributed by atoms with Gasteiger partial charge in [0.2, 0.25) is 0 Å². The fraction of sp³-hybridized carbons (Fsp3) is 0.174. The maximum absolute atomic E-state index is 12.0. The zero-order chi connectivity index (χ0) is 18.4. The summed E-state index contributed by atoms with van der Waals surface area (Å²) in [4.78, 5) is 14.1. The average Bonchev–Trinajstić information content (AvgIpc) is 2.64. The molecule has 0 amide bonds. The van der Waals surface area contributed by atoms with Crippen molar-refractivity contribution in [1.29, 1.82) is 0 Å². The van der Waals surface area contributed by atoms with Gasteiger partial charge in [0, 0.05) is 18.4 Å². The molecule has 130 valence electrons. The van der Waals surface area contributed by atoms with E-state index in [1.807, 2.05) is 43.4 Å². The van der Waals surface area contributed by atoms with Crippen LogP contribution in [0.4, 0.5) is 11.4 Å². The molecule has 3 nitrogen and oxygen atoms in total. The van der Waals surface area contributed by atoms with Crippen molar-refractivity contribution in [1.82, 2.24) is 0 Å². The second kappa shape index (κ2) is 6.03. The first kappa shape index (κ1) is 16.4. The molecule has 0 saturated heterocycles. The largest absolute Gasteiger partial charge is 0.481 e. The molecule has 0 spiro atoms. The van der Waals surface area contributed by atoms with Gasteiger partial charge in [0.15, 0.2) is 0 Å². The number of carboxylic acid groups (broad SMARTS) is 1. The summed E-state index contributed by atoms with van der Waals surface area (Å²) in [7, 11) is 2.00. The van der Waals surface area contributed by atoms with Gasteiger partial charge in [-0.3, -0.25) is 4.79 Å². The van der Waals surface area contributed by atoms with Crippen LogP contribution in [0.1, 0.15) is 28.2 Å². The lowest BCUT2D eigenvalue weighted by Gasteiger charge is -2.34. The molecule has 3 aromatic carbocycles. The predicted molar refractivity (Wildman–Crippen MR) is 105 cm³/mol. The van der Waals surface area contributed by atoms with Gasteiger partial charge in [-0.25, -0.2) is 0 Å². The first-order chi connectivity index (χ1) is 12.5. The molecular formula is C23H21NO2. The Morgan fingerprint density at radius 2 is 1.65 bits per heavy atom. The van der Waals surface area contributed by atoms with E-state index in [4.69, 9.17) is 0 Å². The molecule has 0 radical (unpaired) electrons. The van der Waals surface area contributed by atoms with Crippen LogP contribution < -0.4 is 4.90 Å². The second-order valence-corrected chi connectivity index (χ2v) is 6.91. The number of para-hydroxylation sites is 1. The molecule has 0 saturated carbocycles. The number of hydrogen-bond acceptors (Lipinski definition) is 2. The smallest absolute Gasteiger partial charge is 0.315 e. The molecule has 1 N–H and O–H groups in total. The van der Waals surface area contributed by atoms with E-state index in [2.05, 4.69) is 43.0 Å². The van der Waals surface area contributed by atoms with Gasteiger partial charge in [-0.2, -0.15) is 0 Å². The summed E-state index contributed by atoms with van der Waals surface area (Å²) in [6.45, 7) is 4.24. The summed E-state index contributed by atoms with van der Waals surface area (Å²) in [6.07, 6.45) is 0. The van der Waals surface area contributed by atoms with E-state index in [-0.39, 0.29) is 0 Å². The van der Waals surface area contributed by atoms with Crippen molar-refractivity contribution in [2.75, 3.05) is 11.9 Å². The zero-order valence-corrected chi connectivity index (χ0v) is 15.2. The van der Waals surface area contributed by atoms with E-state index < -0.39 is 11.9 Å². The fourth-order valence-electron chi connectivity index (χ4n) is 3.91. The molecule has 1 aliphatic rings. The highest BCUT2D eigenvalue weighted by atomic mass is 16.4. The van der Waals surface area contributed by atoms with Crippen LogP contribution in [0.3, 0.4) is 0 Å². The van der Waals surface area contributed by atoms with Gasteiger partial charge in [0.25, 0.3) is 0 Å². The average molecular weight is 343 g/mol. The zero-order valence-electron chi connectivity index (χ0n) is 15.2. The summed E-state index contributed by atoms with van der Waals surface area (Å²) in [5.74, 6) is -1.45. The van der Waals surface area contributed by atoms with Crippen LogP contribution in [0.15, 0.2) is 60.7 Å². The third-order valence-corrected chi connectivity index (χ3v) is 5.47. The van der Waals surface area contributed by atoms with E-state index in [9.17, 15) is 9.90 Å². The predicted octanol–water partition coefficient (Wildman–Crippen LogP) is 5.27. The van der Waals surface area contributed by atoms with E-state index >= 15 is 0 Å². The van der Waals surface area contributed by atoms with Crippen molar-refractivity contribution in [3.63, 3.8) is 0 Å². The minimum absolute atomic E-state index is 0.634. The minimum Gasteiger partial charge on any atom is -0.481 e. The quantitative estimate of drug-likeness (QED) is 0.689. The van der Waals surface area contributed by atoms with Crippen LogP contribution in [0, 0.1) is 13.8 Å². The van der Waals surface area contributed by atoms with Gasteiger partial charge in [0.05, 0.1) is 0 Å². The third kappa shape index (κ3) is 2.39. The Bertz CT molecular complexity index is 1020. The topological polar surface area (TPSA) is 40.5 Å². The van der Waals surface area contributed by atoms with E-state index in [1.165, 1.54) is 16.7 Å². The number of carboxylic acids is 1. The Morgan fingerprint density at radius 3 is 2.42 bits per heavy atom. The molecule has 1 atom stereocenters. The van der Waals surface area contributed by atoms with Crippen LogP contribution in [-0.2, 0) is 4.79 Å². The van der Waals surface area contributed by atoms with E-state index in [0.717, 1.165) is 28.1 Å². The molecule has 0 fully saturated rings. The van der Waals surface area contributed by atoms with Crippen molar-refractivity contribution >= 4 is 17.3 Å². The van der Waals surface area contributed by atoms with Crippen molar-refractivity contribution < 1.29 is 9.90 Å². The Labute approximate surface area is 153 Å². The summed E-state index contributed by atoms with van der Waals surface area (Å²) in [5.41, 5.74) is 8.39. The Morgan fingerprint density at radius 1 is 0.923 bits per heavy atom. The van der Waals surface area contributed by atoms with Crippen LogP contribution >= 0.6 is 0 Å². The van der Waals surface area contributed by atoms with Crippen LogP contribution in [0.2, 0.25) is 0 Å². The molecule has 3 aromatic rings. The molecule has 1 unspecified atom stereocenters. The Kier molecular flexibility index (Phi) is 3.80. The molecule has 0 aliphatic carbocycles. The van der Waals surface area contributed by atoms with Gasteiger partial charge in [-0.15, -0.1) is 0 Å². The standard InChI is InChI=1S/C23H21NO2/c1-14-7-6-9-17(15(14)2)16-11-12-19-21(13-16)24(3)20-10-5-4-8-18(20)22(19)23(25)26/h4-13,22H,1-3H3,(H,25,26). The van der Waals surface area contributed by atoms with Crippen LogP contribution in [-0.4, -0.2) is 18.1 Å². The SMILES string of the molecule is Cc1cccc(-c2ccc3c(c2)N(C)c2ccccc2C3C(=O)O)c1C. The number of anilines is 2. The van der Waals surface area contributed by atoms with Gasteiger partial charge in [-0.05, 0) is 59.4 Å². The third-order valence-electron chi connectivity index (χ3n) is 5.47. The number of rotatable bonds is 2. The Balaban J connectivity index is 1.92. The number of carbonyl (C=O) groups is 1. The lowest BCUT2D eigenvalue weighted by Crippen LogP contribution is -2.25. The van der Waals surface area contributed by atoms with Crippen molar-refractivity contribution in [2.24, 2.45) is 0 Å². The van der Waals surface area contributed by atoms with Crippen molar-refractivity contribution in [2.45, 2.75) is 19.8 Å². The molecular weight excluding hydrogens is 322 g/mol. The first-order valence-electron chi connectivity index (χ1n) is 8.75. The number of aliphatic carboxylic acids is 1. The van der Waals surface area contributed by atoms with Crippen LogP contribution in [0.5, 0.6) is 0 Å².